The summed E-state index contributed by atoms with van der Waals surface area (Å²) in [5.41, 5.74) is 0. The van der Waals surface area contributed by atoms with Gasteiger partial charge in [-0.05, 0) is 31.1 Å². The second kappa shape index (κ2) is 8.44. The smallest absolute Gasteiger partial charge is 0.317 e. The molecule has 1 saturated carbocycles. The minimum atomic E-state index is 0.158. The van der Waals surface area contributed by atoms with Crippen molar-refractivity contribution in [1.82, 2.24) is 10.2 Å². The number of carbonyl (C=O) groups is 1. The Morgan fingerprint density at radius 2 is 2.00 bits per heavy atom. The van der Waals surface area contributed by atoms with Gasteiger partial charge in [-0.25, -0.2) is 4.79 Å². The second-order valence-electron chi connectivity index (χ2n) is 6.38. The molecule has 1 rings (SSSR count). The molecule has 0 radical (unpaired) electrons. The van der Waals surface area contributed by atoms with Crippen molar-refractivity contribution >= 4 is 6.03 Å². The molecule has 112 valence electrons. The fourth-order valence-corrected chi connectivity index (χ4v) is 2.45. The van der Waals surface area contributed by atoms with Gasteiger partial charge in [-0.3, -0.25) is 0 Å². The molecule has 1 atom stereocenters. The molecule has 1 aliphatic carbocycles. The fraction of sp³-hybridized carbons (Fsp3) is 0.938. The number of rotatable bonds is 9. The van der Waals surface area contributed by atoms with E-state index in [9.17, 15) is 4.79 Å². The van der Waals surface area contributed by atoms with Crippen molar-refractivity contribution in [3.63, 3.8) is 0 Å². The third-order valence-electron chi connectivity index (χ3n) is 3.90. The molecule has 1 aliphatic rings. The molecule has 2 amide bonds. The Morgan fingerprint density at radius 3 is 2.47 bits per heavy atom. The number of nitrogens with zero attached hydrogens (tertiary/aromatic N) is 1. The van der Waals surface area contributed by atoms with E-state index in [0.717, 1.165) is 19.5 Å². The number of urea groups is 1. The summed E-state index contributed by atoms with van der Waals surface area (Å²) in [6, 6.07) is 0.671. The van der Waals surface area contributed by atoms with E-state index in [0.29, 0.717) is 17.9 Å². The minimum absolute atomic E-state index is 0.158. The van der Waals surface area contributed by atoms with E-state index >= 15 is 0 Å². The van der Waals surface area contributed by atoms with Gasteiger partial charge in [0, 0.05) is 19.1 Å². The number of hydrogen-bond donors (Lipinski definition) is 1. The van der Waals surface area contributed by atoms with Gasteiger partial charge in [0.1, 0.15) is 0 Å². The lowest BCUT2D eigenvalue weighted by atomic mass is 9.99. The Labute approximate surface area is 119 Å². The molecule has 3 heteroatoms. The largest absolute Gasteiger partial charge is 0.338 e. The van der Waals surface area contributed by atoms with Gasteiger partial charge in [0.2, 0.25) is 0 Å². The van der Waals surface area contributed by atoms with Gasteiger partial charge < -0.3 is 10.2 Å². The molecule has 0 bridgehead atoms. The van der Waals surface area contributed by atoms with E-state index in [1.807, 2.05) is 0 Å². The van der Waals surface area contributed by atoms with E-state index in [4.69, 9.17) is 0 Å². The van der Waals surface area contributed by atoms with Crippen molar-refractivity contribution < 1.29 is 4.79 Å². The first kappa shape index (κ1) is 16.3. The average molecular weight is 268 g/mol. The van der Waals surface area contributed by atoms with Gasteiger partial charge in [0.15, 0.2) is 0 Å². The molecule has 0 heterocycles. The van der Waals surface area contributed by atoms with Crippen LogP contribution in [0.25, 0.3) is 0 Å². The van der Waals surface area contributed by atoms with E-state index < -0.39 is 0 Å². The molecule has 3 nitrogen and oxygen atoms in total. The van der Waals surface area contributed by atoms with Crippen LogP contribution in [0.4, 0.5) is 4.79 Å². The summed E-state index contributed by atoms with van der Waals surface area (Å²) in [5, 5.41) is 3.16. The Bertz CT molecular complexity index is 261. The predicted octanol–water partition coefficient (Wildman–Crippen LogP) is 4.03. The number of unbranched alkanes of at least 4 members (excludes halogenated alkanes) is 1. The molecule has 0 aromatic heterocycles. The van der Waals surface area contributed by atoms with Gasteiger partial charge in [-0.1, -0.05) is 47.0 Å². The Morgan fingerprint density at radius 1 is 1.32 bits per heavy atom. The fourth-order valence-electron chi connectivity index (χ4n) is 2.45. The van der Waals surface area contributed by atoms with Gasteiger partial charge in [-0.15, -0.1) is 0 Å². The summed E-state index contributed by atoms with van der Waals surface area (Å²) in [4.78, 5) is 14.3. The number of nitrogens with one attached hydrogen (secondary N) is 1. The first-order chi connectivity index (χ1) is 9.08. The van der Waals surface area contributed by atoms with Crippen molar-refractivity contribution in [2.24, 2.45) is 11.8 Å². The van der Waals surface area contributed by atoms with E-state index in [1.54, 1.807) is 0 Å². The molecule has 0 spiro atoms. The monoisotopic (exact) mass is 268 g/mol. The molecule has 0 aliphatic heterocycles. The van der Waals surface area contributed by atoms with E-state index in [2.05, 4.69) is 37.9 Å². The molecular formula is C16H32N2O. The van der Waals surface area contributed by atoms with Gasteiger partial charge in [0.05, 0.1) is 0 Å². The summed E-state index contributed by atoms with van der Waals surface area (Å²) in [7, 11) is 0. The van der Waals surface area contributed by atoms with Crippen LogP contribution in [0, 0.1) is 11.8 Å². The van der Waals surface area contributed by atoms with Crippen LogP contribution in [0.1, 0.15) is 66.2 Å². The standard InChI is InChI=1S/C16H32N2O/c1-5-7-8-14(6-2)11-17-16(19)18(12-13(3)4)15-9-10-15/h13-15H,5-12H2,1-4H3,(H,17,19). The van der Waals surface area contributed by atoms with Gasteiger partial charge in [0.25, 0.3) is 0 Å². The van der Waals surface area contributed by atoms with Crippen molar-refractivity contribution in [3.05, 3.63) is 0 Å². The summed E-state index contributed by atoms with van der Waals surface area (Å²) in [5.74, 6) is 1.19. The Hall–Kier alpha value is -0.730. The van der Waals surface area contributed by atoms with E-state index in [-0.39, 0.29) is 6.03 Å². The van der Waals surface area contributed by atoms with Crippen molar-refractivity contribution in [1.29, 1.82) is 0 Å². The average Bonchev–Trinajstić information content (AvgIpc) is 3.20. The topological polar surface area (TPSA) is 32.3 Å². The maximum atomic E-state index is 12.3. The van der Waals surface area contributed by atoms with Crippen LogP contribution in [0.5, 0.6) is 0 Å². The Kier molecular flexibility index (Phi) is 7.25. The lowest BCUT2D eigenvalue weighted by Crippen LogP contribution is -2.44. The summed E-state index contributed by atoms with van der Waals surface area (Å²) < 4.78 is 0. The molecular weight excluding hydrogens is 236 g/mol. The molecule has 1 N–H and O–H groups in total. The normalized spacial score (nSPS) is 16.5. The Balaban J connectivity index is 2.34. The maximum Gasteiger partial charge on any atom is 0.317 e. The zero-order chi connectivity index (χ0) is 14.3. The SMILES string of the molecule is CCCCC(CC)CNC(=O)N(CC(C)C)C1CC1. The van der Waals surface area contributed by atoms with E-state index in [1.165, 1.54) is 32.1 Å². The number of carbonyl (C=O) groups excluding carboxylic acids is 1. The van der Waals surface area contributed by atoms with Crippen molar-refractivity contribution in [2.75, 3.05) is 13.1 Å². The highest BCUT2D eigenvalue weighted by molar-refractivity contribution is 5.74. The van der Waals surface area contributed by atoms with Crippen LogP contribution < -0.4 is 5.32 Å². The second-order valence-corrected chi connectivity index (χ2v) is 6.38. The first-order valence-corrected chi connectivity index (χ1v) is 8.12. The zero-order valence-electron chi connectivity index (χ0n) is 13.2. The van der Waals surface area contributed by atoms with Crippen LogP contribution in [0.3, 0.4) is 0 Å². The maximum absolute atomic E-state index is 12.3. The lowest BCUT2D eigenvalue weighted by molar-refractivity contribution is 0.185. The highest BCUT2D eigenvalue weighted by Crippen LogP contribution is 2.27. The van der Waals surface area contributed by atoms with Crippen molar-refractivity contribution in [2.45, 2.75) is 72.3 Å². The minimum Gasteiger partial charge on any atom is -0.338 e. The molecule has 1 fully saturated rings. The van der Waals surface area contributed by atoms with Crippen LogP contribution in [-0.4, -0.2) is 30.1 Å². The number of hydrogen-bond acceptors (Lipinski definition) is 1. The molecule has 0 aromatic carbocycles. The summed E-state index contributed by atoms with van der Waals surface area (Å²) >= 11 is 0. The molecule has 0 aromatic rings. The van der Waals surface area contributed by atoms with Gasteiger partial charge >= 0.3 is 6.03 Å². The van der Waals surface area contributed by atoms with Crippen molar-refractivity contribution in [3.8, 4) is 0 Å². The predicted molar refractivity (Wildman–Crippen MR) is 81.3 cm³/mol. The third-order valence-corrected chi connectivity index (χ3v) is 3.90. The zero-order valence-corrected chi connectivity index (χ0v) is 13.2. The lowest BCUT2D eigenvalue weighted by Gasteiger charge is -2.26. The third kappa shape index (κ3) is 6.31. The highest BCUT2D eigenvalue weighted by atomic mass is 16.2. The first-order valence-electron chi connectivity index (χ1n) is 8.12. The van der Waals surface area contributed by atoms with Crippen LogP contribution in [0.15, 0.2) is 0 Å². The van der Waals surface area contributed by atoms with Crippen LogP contribution in [0.2, 0.25) is 0 Å². The summed E-state index contributed by atoms with van der Waals surface area (Å²) in [6.45, 7) is 10.5. The van der Waals surface area contributed by atoms with Crippen LogP contribution >= 0.6 is 0 Å². The highest BCUT2D eigenvalue weighted by Gasteiger charge is 2.32. The van der Waals surface area contributed by atoms with Crippen LogP contribution in [-0.2, 0) is 0 Å². The summed E-state index contributed by atoms with van der Waals surface area (Å²) in [6.07, 6.45) is 7.29. The number of amides is 2. The molecule has 1 unspecified atom stereocenters. The molecule has 19 heavy (non-hydrogen) atoms. The molecule has 0 saturated heterocycles. The van der Waals surface area contributed by atoms with Gasteiger partial charge in [-0.2, -0.15) is 0 Å². The quantitative estimate of drug-likeness (QED) is 0.672.